The number of nitrogens with one attached hydrogen (secondary N) is 2. The number of anilines is 4. The molecular formula is C102H128F6N10O29. The predicted octanol–water partition coefficient (Wildman–Crippen LogP) is 19.0. The number of carbonyl (C=O) groups is 8. The number of aliphatic hydroxyl groups is 1. The number of ketones is 1. The number of carboxylic acid groups (broad SMARTS) is 1. The first kappa shape index (κ1) is 125. The molecule has 2 aromatic heterocycles. The highest BCUT2D eigenvalue weighted by Crippen LogP contribution is 2.34. The van der Waals surface area contributed by atoms with Crippen LogP contribution in [0.3, 0.4) is 0 Å². The van der Waals surface area contributed by atoms with E-state index in [-0.39, 0.29) is 119 Å². The number of hydrogen-bond acceptors (Lipinski definition) is 30. The summed E-state index contributed by atoms with van der Waals surface area (Å²) < 4.78 is 130. The Balaban J connectivity index is 0.000000586. The van der Waals surface area contributed by atoms with Crippen LogP contribution in [-0.2, 0) is 78.4 Å². The van der Waals surface area contributed by atoms with Gasteiger partial charge in [0.1, 0.15) is 56.8 Å². The molecule has 1 fully saturated rings. The van der Waals surface area contributed by atoms with Crippen LogP contribution in [0.15, 0.2) is 174 Å². The number of ether oxygens (including phenoxy) is 9. The first-order chi connectivity index (χ1) is 68.5. The number of nitrogens with zero attached hydrogens (tertiary/aromatic N) is 6. The van der Waals surface area contributed by atoms with Crippen molar-refractivity contribution in [1.82, 2.24) is 9.13 Å². The van der Waals surface area contributed by atoms with Crippen LogP contribution < -0.4 is 52.2 Å². The van der Waals surface area contributed by atoms with E-state index in [0.29, 0.717) is 123 Å². The molecule has 0 aliphatic carbocycles. The maximum atomic E-state index is 13.4. The van der Waals surface area contributed by atoms with Gasteiger partial charge in [-0.2, -0.15) is 0 Å². The Morgan fingerprint density at radius 3 is 1.13 bits per heavy atom. The minimum absolute atomic E-state index is 0. The summed E-state index contributed by atoms with van der Waals surface area (Å²) >= 11 is 0. The molecule has 1 saturated heterocycles. The average Bonchev–Trinajstić information content (AvgIpc) is 1.09. The lowest BCUT2D eigenvalue weighted by Crippen LogP contribution is -2.26. The number of esters is 4. The first-order valence-electron chi connectivity index (χ1n) is 45.7. The first-order valence-corrected chi connectivity index (χ1v) is 45.0. The van der Waals surface area contributed by atoms with Crippen molar-refractivity contribution in [2.45, 2.75) is 223 Å². The highest BCUT2D eigenvalue weighted by Gasteiger charge is 2.29. The second kappa shape index (κ2) is 62.8. The van der Waals surface area contributed by atoms with Crippen LogP contribution in [0.1, 0.15) is 219 Å². The van der Waals surface area contributed by atoms with Crippen molar-refractivity contribution in [3.63, 3.8) is 0 Å². The van der Waals surface area contributed by atoms with Crippen LogP contribution in [0.4, 0.5) is 71.8 Å². The number of benzene rings is 7. The van der Waals surface area contributed by atoms with Crippen molar-refractivity contribution in [3.8, 4) is 23.0 Å². The van der Waals surface area contributed by atoms with E-state index in [9.17, 15) is 115 Å². The molecule has 45 heteroatoms. The standard InChI is InChI=1S/C24H20F2N2O4.C16H21NO4.C14H18N2O7.C14H22N2O3.C13H9F2NO3.C8H16O3.C6H3FN2O4.C4H8O.CH3F.2CH4/c25-19-8-5-15(11-20(19)26)14-28-9-1-3-18(24(28)31)22(29)4-2-10-32-17-7-6-16-12-23(30)27-21(16)13-17;1-16(2,3)21-15(19)5-4-8-20-12-7-6-11-9-14(18)17-13(11)10-12;1-14(2,3)23-13(17)5-4-8-22-10-6-7-11(15(18)19)12(9-10)16(20)21;1-14(2,3)19-13(17)5-4-8-18-10-6-7-11(15)12(16)9-10;14-10-4-3-8(6-11(10)15)7-16-5-1-2-9(12(16)17)13(18)19;1-8(2,3)11-7(10)5-4-6-9;7-4-1-2-5(8(10)11)6(3-4)9(12)13;1-2-4-5-3-1;1-2;;/h1,3,5-9,11,13H,2,4,10,12,14H2,(H,27,30);6-7,10H,4-5,8-9H2,1-3H3,(H,17,18);6-7,9H,4-5,8H2,1-3H3;6-7,9H,4-5,8,15-16H2,1-3H3;1-6H,7H2,(H,18,19);9H,4-6H2,1-3H3;1-3H;1-4H2;1H3;2*1H4/i;;;;;;;;1D;;. The maximum Gasteiger partial charge on any atom is 0.349 e. The van der Waals surface area contributed by atoms with Crippen LogP contribution >= 0.6 is 0 Å². The van der Waals surface area contributed by atoms with Crippen molar-refractivity contribution < 1.29 is 139 Å². The second-order valence-corrected chi connectivity index (χ2v) is 35.4. The molecule has 0 saturated carbocycles. The van der Waals surface area contributed by atoms with Gasteiger partial charge in [-0.05, 0) is 235 Å². The minimum Gasteiger partial charge on any atom is -0.494 e. The topological polar surface area (TPSA) is 553 Å². The molecule has 0 bridgehead atoms. The average molecular weight is 2070 g/mol. The van der Waals surface area contributed by atoms with E-state index < -0.39 is 118 Å². The Morgan fingerprint density at radius 2 is 0.776 bits per heavy atom. The van der Waals surface area contributed by atoms with E-state index in [1.165, 1.54) is 66.2 Å². The van der Waals surface area contributed by atoms with E-state index in [1.807, 2.05) is 86.6 Å². The number of carboxylic acids is 1. The van der Waals surface area contributed by atoms with Crippen LogP contribution in [0, 0.1) is 69.5 Å². The van der Waals surface area contributed by atoms with Gasteiger partial charge in [0, 0.05) is 106 Å². The number of pyridine rings is 2. The summed E-state index contributed by atoms with van der Waals surface area (Å²) in [5.41, 5.74) is 10.3. The summed E-state index contributed by atoms with van der Waals surface area (Å²) in [5.74, 6) is -5.49. The molecule has 12 rings (SSSR count). The van der Waals surface area contributed by atoms with Crippen molar-refractivity contribution in [3.05, 3.63) is 288 Å². The molecule has 39 nitrogen and oxygen atoms in total. The zero-order valence-electron chi connectivity index (χ0n) is 83.1. The quantitative estimate of drug-likeness (QED) is 0.00325. The van der Waals surface area contributed by atoms with Gasteiger partial charge in [0.2, 0.25) is 11.8 Å². The molecule has 7 aromatic carbocycles. The third-order valence-corrected chi connectivity index (χ3v) is 18.6. The SMILES string of the molecule is C.C.C1CCOC1.CC(C)(C)OC(=O)CCCO.CC(C)(C)OC(=O)CCCOc1ccc(N)c(N)c1.CC(C)(C)OC(=O)CCCOc1ccc([N+](=O)[O-])c([N+](=O)[O-])c1.CC(C)(C)OC(=O)CCCOc1ccc2c(c1)NC(=O)C2.O=C(O)c1cccn(Cc2ccc(F)c(F)c2)c1=O.O=C1Cc2ccc(OCCCC(=O)c3cccn(Cc4ccc(F)c(F)c4)c3=O)cc2N1.O=[N+]([O-])c1ccc(F)cc1[N+](=O)[O-].[2H]CF. The lowest BCUT2D eigenvalue weighted by Gasteiger charge is -2.19. The maximum absolute atomic E-state index is 13.4. The number of alkyl halides is 1. The highest BCUT2D eigenvalue weighted by atomic mass is 19.2. The van der Waals surface area contributed by atoms with E-state index in [0.717, 1.165) is 88.8 Å². The van der Waals surface area contributed by atoms with Crippen LogP contribution in [0.5, 0.6) is 23.0 Å². The lowest BCUT2D eigenvalue weighted by molar-refractivity contribution is -0.422. The number of rotatable bonds is 33. The molecule has 9 aromatic rings. The number of aliphatic hydroxyl groups excluding tert-OH is 1. The Morgan fingerprint density at radius 1 is 0.435 bits per heavy atom. The van der Waals surface area contributed by atoms with E-state index in [2.05, 4.69) is 10.6 Å². The fourth-order valence-corrected chi connectivity index (χ4v) is 12.3. The number of nitro groups is 4. The Labute approximate surface area is 846 Å². The summed E-state index contributed by atoms with van der Waals surface area (Å²) in [7, 11) is -1.00. The fourth-order valence-electron chi connectivity index (χ4n) is 12.3. The molecule has 0 atom stereocenters. The fraction of sp³-hybridized carbons (Fsp3) is 0.412. The van der Waals surface area contributed by atoms with Gasteiger partial charge in [0.25, 0.3) is 11.1 Å². The molecule has 0 unspecified atom stereocenters. The summed E-state index contributed by atoms with van der Waals surface area (Å²) in [6.45, 7) is 25.1. The number of hydrogen-bond donors (Lipinski definition) is 6. The zero-order valence-corrected chi connectivity index (χ0v) is 82.1. The van der Waals surface area contributed by atoms with Gasteiger partial charge in [-0.1, -0.05) is 39.1 Å². The number of Topliss-reactive ketones (excluding diaryl/α,β-unsaturated/α-hetero) is 1. The zero-order chi connectivity index (χ0) is 109. The number of carbonyl (C=O) groups excluding carboxylic acids is 7. The van der Waals surface area contributed by atoms with E-state index >= 15 is 0 Å². The second-order valence-electron chi connectivity index (χ2n) is 35.4. The molecular weight excluding hydrogens is 1940 g/mol. The molecule has 2 amide bonds. The number of nitro benzene ring substituents is 4. The third-order valence-electron chi connectivity index (χ3n) is 18.6. The summed E-state index contributed by atoms with van der Waals surface area (Å²) in [5, 5.41) is 64.7. The molecule has 3 aliphatic heterocycles. The molecule has 0 radical (unpaired) electrons. The molecule has 5 heterocycles. The van der Waals surface area contributed by atoms with Crippen LogP contribution in [0.25, 0.3) is 0 Å². The van der Waals surface area contributed by atoms with Crippen LogP contribution in [-0.4, -0.2) is 162 Å². The Bertz CT molecular complexity index is 6070. The largest absolute Gasteiger partial charge is 0.494 e. The van der Waals surface area contributed by atoms with Crippen molar-refractivity contribution in [2.75, 3.05) is 75.5 Å². The van der Waals surface area contributed by atoms with Gasteiger partial charge >= 0.3 is 52.6 Å². The van der Waals surface area contributed by atoms with Gasteiger partial charge in [0.15, 0.2) is 29.1 Å². The number of fused-ring (bicyclic) bond motifs is 2. The van der Waals surface area contributed by atoms with Crippen LogP contribution in [0.2, 0.25) is 0 Å². The van der Waals surface area contributed by atoms with Gasteiger partial charge in [-0.15, -0.1) is 0 Å². The van der Waals surface area contributed by atoms with Crippen molar-refractivity contribution in [2.24, 2.45) is 0 Å². The number of aromatic carboxylic acids is 1. The normalized spacial score (nSPS) is 11.8. The summed E-state index contributed by atoms with van der Waals surface area (Å²) in [6.07, 6.45) is 9.88. The monoisotopic (exact) mass is 2070 g/mol. The summed E-state index contributed by atoms with van der Waals surface area (Å²) in [6, 6.07) is 33.6. The van der Waals surface area contributed by atoms with Gasteiger partial charge in [-0.25, -0.2) is 26.7 Å². The number of amides is 2. The number of nitrogens with two attached hydrogens (primary N) is 2. The molecule has 8 N–H and O–H groups in total. The molecule has 147 heavy (non-hydrogen) atoms. The number of nitrogen functional groups attached to an aromatic ring is 2. The van der Waals surface area contributed by atoms with Gasteiger partial charge in [0.05, 0.1) is 110 Å². The lowest BCUT2D eigenvalue weighted by atomic mass is 10.1. The molecule has 3 aliphatic rings. The third kappa shape index (κ3) is 49.4. The number of halogens is 6. The number of aromatic nitrogens is 2. The Kier molecular flexibility index (Phi) is 53.6. The van der Waals surface area contributed by atoms with Gasteiger partial charge < -0.3 is 84.1 Å². The van der Waals surface area contributed by atoms with Gasteiger partial charge in [-0.3, -0.25) is 88.0 Å². The minimum atomic E-state index is -1.33. The smallest absolute Gasteiger partial charge is 0.349 e. The van der Waals surface area contributed by atoms with Crippen molar-refractivity contribution >= 4 is 92.9 Å². The van der Waals surface area contributed by atoms with E-state index in [1.54, 1.807) is 57.2 Å². The molecule has 0 spiro atoms. The van der Waals surface area contributed by atoms with Crippen molar-refractivity contribution in [1.29, 1.82) is 0 Å². The highest BCUT2D eigenvalue weighted by molar-refractivity contribution is 6.00. The Hall–Kier alpha value is -15.7. The predicted molar refractivity (Wildman–Crippen MR) is 535 cm³/mol. The molecule has 802 valence electrons. The summed E-state index contributed by atoms with van der Waals surface area (Å²) in [4.78, 5) is 154. The van der Waals surface area contributed by atoms with E-state index in [4.69, 9.17) is 65.7 Å².